The number of carbonyl (C=O) groups is 2. The van der Waals surface area contributed by atoms with Gasteiger partial charge >= 0.3 is 0 Å². The van der Waals surface area contributed by atoms with Gasteiger partial charge in [-0.25, -0.2) is 4.39 Å². The van der Waals surface area contributed by atoms with Gasteiger partial charge in [0.1, 0.15) is 0 Å². The number of methoxy groups -OCH3 is 1. The molecule has 2 aromatic carbocycles. The average Bonchev–Trinajstić information content (AvgIpc) is 3.20. The van der Waals surface area contributed by atoms with Crippen molar-refractivity contribution in [2.75, 3.05) is 46.4 Å². The fourth-order valence-corrected chi connectivity index (χ4v) is 4.43. The molecule has 9 heteroatoms. The number of hydrogen-bond donors (Lipinski definition) is 1. The van der Waals surface area contributed by atoms with Crippen LogP contribution in [0.2, 0.25) is 5.02 Å². The van der Waals surface area contributed by atoms with Crippen LogP contribution in [0.1, 0.15) is 20.7 Å². The topological polar surface area (TPSA) is 73.3 Å². The van der Waals surface area contributed by atoms with E-state index in [1.807, 2.05) is 0 Å². The van der Waals surface area contributed by atoms with Crippen molar-refractivity contribution in [1.29, 1.82) is 0 Å². The van der Waals surface area contributed by atoms with Gasteiger partial charge in [0.15, 0.2) is 11.6 Å². The highest BCUT2D eigenvalue weighted by Gasteiger charge is 2.39. The molecular weight excluding hydrogens is 437 g/mol. The number of ether oxygens (including phenoxy) is 1. The molecule has 0 unspecified atom stereocenters. The first-order valence-corrected chi connectivity index (χ1v) is 10.8. The summed E-state index contributed by atoms with van der Waals surface area (Å²) in [6.45, 7) is 2.85. The number of aliphatic hydroxyl groups is 1. The number of nitrogens with zero attached hydrogens (tertiary/aromatic N) is 3. The molecule has 32 heavy (non-hydrogen) atoms. The summed E-state index contributed by atoms with van der Waals surface area (Å²) >= 11 is 5.90. The summed E-state index contributed by atoms with van der Waals surface area (Å²) < 4.78 is 18.6. The first kappa shape index (κ1) is 22.5. The summed E-state index contributed by atoms with van der Waals surface area (Å²) in [6, 6.07) is 10.6. The number of carbonyl (C=O) groups excluding carboxylic acids is 2. The molecule has 2 atom stereocenters. The molecule has 0 spiro atoms. The maximum absolute atomic E-state index is 13.7. The second-order valence-electron chi connectivity index (χ2n) is 8.03. The lowest BCUT2D eigenvalue weighted by Gasteiger charge is -2.38. The van der Waals surface area contributed by atoms with E-state index < -0.39 is 11.9 Å². The second kappa shape index (κ2) is 9.44. The zero-order valence-corrected chi connectivity index (χ0v) is 18.5. The lowest BCUT2D eigenvalue weighted by Crippen LogP contribution is -2.54. The fraction of sp³-hybridized carbons (Fsp3) is 0.391. The van der Waals surface area contributed by atoms with E-state index in [2.05, 4.69) is 4.90 Å². The van der Waals surface area contributed by atoms with Gasteiger partial charge in [-0.3, -0.25) is 14.5 Å². The zero-order chi connectivity index (χ0) is 22.8. The van der Waals surface area contributed by atoms with E-state index in [4.69, 9.17) is 16.3 Å². The summed E-state index contributed by atoms with van der Waals surface area (Å²) in [5.74, 6) is -0.847. The lowest BCUT2D eigenvalue weighted by atomic mass is 10.1. The van der Waals surface area contributed by atoms with Gasteiger partial charge in [-0.05, 0) is 42.5 Å². The van der Waals surface area contributed by atoms with Crippen LogP contribution in [0.15, 0.2) is 42.5 Å². The Bertz CT molecular complexity index is 995. The molecule has 2 aliphatic heterocycles. The third-order valence-electron chi connectivity index (χ3n) is 6.11. The molecule has 7 nitrogen and oxygen atoms in total. The van der Waals surface area contributed by atoms with Crippen LogP contribution < -0.4 is 4.74 Å². The standard InChI is InChI=1S/C23H25ClFN3O4/c1-32-21-12-16(4-7-18(21)25)23(31)28-13-19(20(29)14-28)26-8-10-27(11-9-26)22(30)15-2-5-17(24)6-3-15/h2-7,12,19-20,29H,8-11,13-14H2,1H3/t19-,20-/m0/s1. The van der Waals surface area contributed by atoms with Gasteiger partial charge in [-0.15, -0.1) is 0 Å². The van der Waals surface area contributed by atoms with Crippen LogP contribution in [0.3, 0.4) is 0 Å². The first-order chi connectivity index (χ1) is 15.4. The number of hydrogen-bond acceptors (Lipinski definition) is 5. The van der Waals surface area contributed by atoms with E-state index in [-0.39, 0.29) is 30.2 Å². The van der Waals surface area contributed by atoms with Crippen LogP contribution in [0.25, 0.3) is 0 Å². The SMILES string of the molecule is COc1cc(C(=O)N2C[C@H](O)[C@@H](N3CCN(C(=O)c4ccc(Cl)cc4)CC3)C2)ccc1F. The third kappa shape index (κ3) is 4.57. The van der Waals surface area contributed by atoms with Crippen molar-refractivity contribution in [3.63, 3.8) is 0 Å². The normalized spacial score (nSPS) is 21.6. The molecule has 2 aliphatic rings. The molecule has 170 valence electrons. The number of aliphatic hydroxyl groups excluding tert-OH is 1. The van der Waals surface area contributed by atoms with E-state index in [1.165, 1.54) is 25.3 Å². The minimum Gasteiger partial charge on any atom is -0.494 e. The number of halogens is 2. The van der Waals surface area contributed by atoms with E-state index in [1.54, 1.807) is 34.1 Å². The molecule has 4 rings (SSSR count). The zero-order valence-electron chi connectivity index (χ0n) is 17.7. The quantitative estimate of drug-likeness (QED) is 0.755. The van der Waals surface area contributed by atoms with Crippen molar-refractivity contribution >= 4 is 23.4 Å². The summed E-state index contributed by atoms with van der Waals surface area (Å²) in [7, 11) is 1.35. The van der Waals surface area contributed by atoms with Crippen molar-refractivity contribution in [3.8, 4) is 5.75 Å². The number of amides is 2. The molecule has 2 fully saturated rings. The maximum atomic E-state index is 13.7. The Balaban J connectivity index is 1.36. The van der Waals surface area contributed by atoms with Crippen LogP contribution >= 0.6 is 11.6 Å². The van der Waals surface area contributed by atoms with Crippen LogP contribution in [0.5, 0.6) is 5.75 Å². The summed E-state index contributed by atoms with van der Waals surface area (Å²) in [6.07, 6.45) is -0.695. The molecule has 2 saturated heterocycles. The first-order valence-electron chi connectivity index (χ1n) is 10.5. The van der Waals surface area contributed by atoms with Gasteiger partial charge in [0.05, 0.1) is 19.3 Å². The average molecular weight is 462 g/mol. The van der Waals surface area contributed by atoms with Crippen molar-refractivity contribution in [2.24, 2.45) is 0 Å². The number of likely N-dealkylation sites (tertiary alicyclic amines) is 1. The van der Waals surface area contributed by atoms with E-state index in [0.717, 1.165) is 0 Å². The van der Waals surface area contributed by atoms with Gasteiger partial charge < -0.3 is 19.6 Å². The molecule has 2 aromatic rings. The minimum atomic E-state index is -0.695. The highest BCUT2D eigenvalue weighted by Crippen LogP contribution is 2.24. The highest BCUT2D eigenvalue weighted by molar-refractivity contribution is 6.30. The number of benzene rings is 2. The van der Waals surface area contributed by atoms with Crippen molar-refractivity contribution in [3.05, 3.63) is 64.4 Å². The molecule has 0 bridgehead atoms. The molecule has 0 radical (unpaired) electrons. The maximum Gasteiger partial charge on any atom is 0.254 e. The lowest BCUT2D eigenvalue weighted by molar-refractivity contribution is 0.0376. The number of rotatable bonds is 4. The Morgan fingerprint density at radius 3 is 2.25 bits per heavy atom. The molecule has 1 N–H and O–H groups in total. The molecule has 0 aromatic heterocycles. The predicted molar refractivity (Wildman–Crippen MR) is 118 cm³/mol. The predicted octanol–water partition coefficient (Wildman–Crippen LogP) is 2.13. The van der Waals surface area contributed by atoms with Crippen LogP contribution in [0.4, 0.5) is 4.39 Å². The Morgan fingerprint density at radius 2 is 1.59 bits per heavy atom. The Morgan fingerprint density at radius 1 is 0.969 bits per heavy atom. The van der Waals surface area contributed by atoms with Crippen molar-refractivity contribution in [1.82, 2.24) is 14.7 Å². The van der Waals surface area contributed by atoms with Gasteiger partial charge in [0.25, 0.3) is 11.8 Å². The van der Waals surface area contributed by atoms with Crippen LogP contribution in [-0.2, 0) is 0 Å². The monoisotopic (exact) mass is 461 g/mol. The molecule has 0 saturated carbocycles. The molecular formula is C23H25ClFN3O4. The second-order valence-corrected chi connectivity index (χ2v) is 8.47. The van der Waals surface area contributed by atoms with Crippen molar-refractivity contribution in [2.45, 2.75) is 12.1 Å². The number of piperazine rings is 1. The third-order valence-corrected chi connectivity index (χ3v) is 6.36. The van der Waals surface area contributed by atoms with Gasteiger partial charge in [-0.2, -0.15) is 0 Å². The smallest absolute Gasteiger partial charge is 0.254 e. The van der Waals surface area contributed by atoms with Gasteiger partial charge in [0, 0.05) is 55.4 Å². The number of β-amino-alcohol motifs (C(OH)–C–C–N with tert-alkyl or cyclic N) is 1. The van der Waals surface area contributed by atoms with Crippen LogP contribution in [0, 0.1) is 5.82 Å². The van der Waals surface area contributed by atoms with E-state index in [9.17, 15) is 19.1 Å². The van der Waals surface area contributed by atoms with Crippen molar-refractivity contribution < 1.29 is 23.8 Å². The Labute approximate surface area is 190 Å². The summed E-state index contributed by atoms with van der Waals surface area (Å²) in [4.78, 5) is 31.1. The summed E-state index contributed by atoms with van der Waals surface area (Å²) in [5.41, 5.74) is 0.907. The van der Waals surface area contributed by atoms with Crippen LogP contribution in [-0.4, -0.2) is 90.1 Å². The molecule has 2 heterocycles. The molecule has 0 aliphatic carbocycles. The Kier molecular flexibility index (Phi) is 6.64. The van der Waals surface area contributed by atoms with Gasteiger partial charge in [-0.1, -0.05) is 11.6 Å². The summed E-state index contributed by atoms with van der Waals surface area (Å²) in [5, 5.41) is 11.2. The largest absolute Gasteiger partial charge is 0.494 e. The molecule has 2 amide bonds. The Hall–Kier alpha value is -2.68. The highest BCUT2D eigenvalue weighted by atomic mass is 35.5. The van der Waals surface area contributed by atoms with E-state index >= 15 is 0 Å². The van der Waals surface area contributed by atoms with Gasteiger partial charge in [0.2, 0.25) is 0 Å². The minimum absolute atomic E-state index is 0.00798. The fourth-order valence-electron chi connectivity index (χ4n) is 4.30. The van der Waals surface area contributed by atoms with E-state index in [0.29, 0.717) is 48.9 Å².